The summed E-state index contributed by atoms with van der Waals surface area (Å²) in [7, 11) is 0. The van der Waals surface area contributed by atoms with Gasteiger partial charge >= 0.3 is 6.01 Å². The van der Waals surface area contributed by atoms with Crippen LogP contribution in [-0.2, 0) is 9.59 Å². The fourth-order valence-electron chi connectivity index (χ4n) is 14.2. The van der Waals surface area contributed by atoms with Crippen LogP contribution >= 0.6 is 11.3 Å². The van der Waals surface area contributed by atoms with E-state index in [-0.39, 0.29) is 53.8 Å². The number of aliphatic hydroxyl groups is 1. The van der Waals surface area contributed by atoms with E-state index in [1.165, 1.54) is 10.5 Å². The zero-order chi connectivity index (χ0) is 56.6. The maximum atomic E-state index is 14.5. The molecule has 82 heavy (non-hydrogen) atoms. The molecule has 4 aromatic heterocycles. The number of thiazole rings is 1. The number of aryl methyl sites for hydroxylation is 1. The summed E-state index contributed by atoms with van der Waals surface area (Å²) in [5.74, 6) is 0.984. The summed E-state index contributed by atoms with van der Waals surface area (Å²) in [5, 5.41) is 36.2. The van der Waals surface area contributed by atoms with Crippen molar-refractivity contribution in [1.29, 1.82) is 0 Å². The lowest BCUT2D eigenvalue weighted by Crippen LogP contribution is -2.51. The van der Waals surface area contributed by atoms with Crippen LogP contribution in [0.5, 0.6) is 11.8 Å². The molecule has 1 aliphatic carbocycles. The number of carbonyl (C=O) groups is 2. The highest BCUT2D eigenvalue weighted by Crippen LogP contribution is 2.49. The van der Waals surface area contributed by atoms with Crippen molar-refractivity contribution >= 4 is 56.5 Å². The number of likely N-dealkylation sites (tertiary alicyclic amines) is 2. The molecule has 5 aliphatic heterocycles. The van der Waals surface area contributed by atoms with Crippen molar-refractivity contribution in [2.24, 2.45) is 11.3 Å². The second kappa shape index (κ2) is 22.1. The van der Waals surface area contributed by atoms with Gasteiger partial charge in [-0.1, -0.05) is 75.3 Å². The van der Waals surface area contributed by atoms with Gasteiger partial charge in [0.05, 0.1) is 44.8 Å². The molecule has 3 aromatic carbocycles. The van der Waals surface area contributed by atoms with Gasteiger partial charge < -0.3 is 44.8 Å². The first-order chi connectivity index (χ1) is 39.6. The number of phenolic OH excluding ortho intramolecular Hbond substituents is 1. The molecule has 0 saturated carbocycles. The number of pyridine rings is 1. The van der Waals surface area contributed by atoms with Crippen molar-refractivity contribution in [2.75, 3.05) is 88.4 Å². The van der Waals surface area contributed by atoms with Gasteiger partial charge in [-0.05, 0) is 104 Å². The number of benzene rings is 3. The third kappa shape index (κ3) is 10.4. The van der Waals surface area contributed by atoms with E-state index < -0.39 is 18.1 Å². The average molecular weight is 1130 g/mol. The first-order valence-corrected chi connectivity index (χ1v) is 30.6. The molecule has 19 heteroatoms. The Hall–Kier alpha value is -6.77. The molecule has 2 amide bonds. The molecule has 2 bridgehead atoms. The number of amides is 2. The number of aromatic nitrogens is 5. The van der Waals surface area contributed by atoms with Crippen LogP contribution in [0, 0.1) is 18.3 Å². The van der Waals surface area contributed by atoms with Crippen molar-refractivity contribution in [3.8, 4) is 33.5 Å². The highest BCUT2D eigenvalue weighted by atomic mass is 32.1. The Balaban J connectivity index is 0.611. The first kappa shape index (κ1) is 54.5. The Labute approximate surface area is 483 Å². The van der Waals surface area contributed by atoms with Crippen LogP contribution in [0.3, 0.4) is 0 Å². The molecule has 5 saturated heterocycles. The molecule has 3 unspecified atom stereocenters. The third-order valence-corrected chi connectivity index (χ3v) is 19.8. The van der Waals surface area contributed by atoms with Gasteiger partial charge in [0.15, 0.2) is 11.6 Å². The second-order valence-corrected chi connectivity index (χ2v) is 25.8. The molecule has 4 N–H and O–H groups in total. The summed E-state index contributed by atoms with van der Waals surface area (Å²) < 4.78 is 12.6. The van der Waals surface area contributed by atoms with Gasteiger partial charge in [-0.25, -0.2) is 4.98 Å². The third-order valence-electron chi connectivity index (χ3n) is 18.8. The highest BCUT2D eigenvalue weighted by Gasteiger charge is 2.44. The lowest BCUT2D eigenvalue weighted by atomic mass is 9.79. The van der Waals surface area contributed by atoms with E-state index in [1.54, 1.807) is 11.3 Å². The Morgan fingerprint density at radius 2 is 1.70 bits per heavy atom. The Morgan fingerprint density at radius 3 is 2.43 bits per heavy atom. The summed E-state index contributed by atoms with van der Waals surface area (Å²) in [6.45, 7) is 22.0. The van der Waals surface area contributed by atoms with Crippen LogP contribution in [0.15, 0.2) is 76.9 Å². The minimum absolute atomic E-state index is 0.0256. The molecule has 18 nitrogen and oxygen atoms in total. The molecular weight excluding hydrogens is 1050 g/mol. The number of aromatic hydroxyl groups is 1. The number of fused-ring (bicyclic) bond motifs is 6. The van der Waals surface area contributed by atoms with Crippen molar-refractivity contribution in [3.63, 3.8) is 0 Å². The fraction of sp³-hybridized carbons (Fsp3) is 0.508. The fourth-order valence-corrected chi connectivity index (χ4v) is 15.0. The van der Waals surface area contributed by atoms with Crippen molar-refractivity contribution in [2.45, 2.75) is 116 Å². The van der Waals surface area contributed by atoms with Crippen LogP contribution in [0.1, 0.15) is 113 Å². The Morgan fingerprint density at radius 1 is 0.927 bits per heavy atom. The lowest BCUT2D eigenvalue weighted by molar-refractivity contribution is -0.141. The predicted octanol–water partition coefficient (Wildman–Crippen LogP) is 8.26. The number of ether oxygens (including phenoxy) is 1. The SMILES string of the molecule is Cc1ncsc1-c1ccc([C@H](C)NC(=O)[C@@H]2C[C@@H](O)CN2C(=O)[C@@H](c2cc(N3CCN(CC4(C)CCN(CCOc5nc(N6CC7CCC(C6)N7)c6cnc7c(c6n5)C(C)c5cccc6cc(O)cc-7c56)CC4)CC3)no2)C(C)C)cc1. The number of hydrogen-bond donors (Lipinski definition) is 4. The quantitative estimate of drug-likeness (QED) is 0.0764. The summed E-state index contributed by atoms with van der Waals surface area (Å²) in [5.41, 5.74) is 9.94. The van der Waals surface area contributed by atoms with E-state index in [4.69, 9.17) is 24.2 Å². The smallest absolute Gasteiger partial charge is 0.319 e. The number of piperidine rings is 1. The van der Waals surface area contributed by atoms with Crippen molar-refractivity contribution in [1.82, 2.24) is 50.4 Å². The zero-order valence-electron chi connectivity index (χ0n) is 48.0. The summed E-state index contributed by atoms with van der Waals surface area (Å²) in [6.07, 6.45) is 5.80. The van der Waals surface area contributed by atoms with Gasteiger partial charge in [-0.15, -0.1) is 11.3 Å². The van der Waals surface area contributed by atoms with Crippen LogP contribution in [0.4, 0.5) is 11.6 Å². The van der Waals surface area contributed by atoms with Crippen LogP contribution in [0.2, 0.25) is 0 Å². The standard InChI is InChI=1S/C63H76N12O6S/c1-36(2)53(61(79)75-33-46(77)28-50(75)60(78)66-38(4)40-10-12-41(13-11-40)58-39(5)65-35-82-58)51-29-52(70-81-51)73-22-20-72(21-23-73)34-63(6)16-18-71(19-17-63)24-25-80-62-68-57-49(59(69-62)74-31-43-14-15-44(32-74)67-43)30-64-56-48-27-45(76)26-42-8-7-9-47(55(42)48)37(3)54(56)57/h7-13,26-27,29-30,35-38,43-44,46,50,53,67,76-77H,14-25,28,31-34H2,1-6H3,(H,66,78)/t37?,38-,43?,44?,46+,50-,53+/m0/s1. The molecule has 7 aromatic rings. The van der Waals surface area contributed by atoms with Gasteiger partial charge in [0.2, 0.25) is 11.8 Å². The molecule has 9 heterocycles. The zero-order valence-corrected chi connectivity index (χ0v) is 48.8. The van der Waals surface area contributed by atoms with Crippen LogP contribution < -0.4 is 25.2 Å². The number of anilines is 2. The van der Waals surface area contributed by atoms with Gasteiger partial charge in [0.25, 0.3) is 0 Å². The molecular formula is C63H76N12O6S. The van der Waals surface area contributed by atoms with Gasteiger partial charge in [0.1, 0.15) is 30.1 Å². The molecule has 430 valence electrons. The summed E-state index contributed by atoms with van der Waals surface area (Å²) in [4.78, 5) is 60.7. The number of rotatable bonds is 15. The number of phenols is 1. The molecule has 6 aliphatic rings. The summed E-state index contributed by atoms with van der Waals surface area (Å²) in [6, 6.07) is 20.2. The molecule has 0 spiro atoms. The van der Waals surface area contributed by atoms with E-state index in [0.29, 0.717) is 36.3 Å². The van der Waals surface area contributed by atoms with E-state index in [1.807, 2.05) is 81.9 Å². The summed E-state index contributed by atoms with van der Waals surface area (Å²) >= 11 is 1.60. The van der Waals surface area contributed by atoms with E-state index in [2.05, 4.69) is 72.4 Å². The van der Waals surface area contributed by atoms with Gasteiger partial charge in [0, 0.05) is 107 Å². The number of nitrogens with one attached hydrogen (secondary N) is 2. The highest BCUT2D eigenvalue weighted by molar-refractivity contribution is 7.13. The molecule has 5 fully saturated rings. The van der Waals surface area contributed by atoms with Crippen LogP contribution in [-0.4, -0.2) is 165 Å². The molecule has 13 rings (SSSR count). The largest absolute Gasteiger partial charge is 0.508 e. The predicted molar refractivity (Wildman–Crippen MR) is 319 cm³/mol. The normalized spacial score (nSPS) is 23.4. The van der Waals surface area contributed by atoms with Gasteiger partial charge in [-0.3, -0.25) is 24.4 Å². The maximum absolute atomic E-state index is 14.5. The van der Waals surface area contributed by atoms with Crippen molar-refractivity contribution < 1.29 is 29.1 Å². The topological polar surface area (TPSA) is 202 Å². The average Bonchev–Trinajstić information content (AvgIpc) is 3.85. The van der Waals surface area contributed by atoms with Crippen molar-refractivity contribution in [3.05, 3.63) is 101 Å². The Kier molecular flexibility index (Phi) is 14.7. The molecule has 0 radical (unpaired) electrons. The van der Waals surface area contributed by atoms with E-state index in [0.717, 1.165) is 157 Å². The maximum Gasteiger partial charge on any atom is 0.319 e. The second-order valence-electron chi connectivity index (χ2n) is 24.9. The van der Waals surface area contributed by atoms with Gasteiger partial charge in [-0.2, -0.15) is 9.97 Å². The number of piperazine rings is 2. The minimum Gasteiger partial charge on any atom is -0.508 e. The molecule has 7 atom stereocenters. The number of hydrogen-bond acceptors (Lipinski definition) is 17. The Bertz CT molecular complexity index is 3510. The minimum atomic E-state index is -0.810. The number of carbonyl (C=O) groups excluding carboxylic acids is 2. The lowest BCUT2D eigenvalue weighted by Gasteiger charge is -2.44. The number of aliphatic hydroxyl groups excluding tert-OH is 1. The number of nitrogens with zero attached hydrogens (tertiary/aromatic N) is 10. The first-order valence-electron chi connectivity index (χ1n) is 29.7. The monoisotopic (exact) mass is 1130 g/mol. The van der Waals surface area contributed by atoms with Crippen LogP contribution in [0.25, 0.3) is 43.4 Å². The van der Waals surface area contributed by atoms with E-state index >= 15 is 0 Å². The number of β-amino-alcohol motifs (C(OH)–C–C–N with tert-alkyl or cyclic N) is 1. The van der Waals surface area contributed by atoms with E-state index in [9.17, 15) is 19.8 Å².